The summed E-state index contributed by atoms with van der Waals surface area (Å²) in [5, 5.41) is 1.74. The fraction of sp³-hybridized carbons (Fsp3) is 0.636. The first-order valence-electron chi connectivity index (χ1n) is 5.12. The van der Waals surface area contributed by atoms with Crippen molar-refractivity contribution < 1.29 is 4.74 Å². The van der Waals surface area contributed by atoms with Crippen LogP contribution >= 0.6 is 0 Å². The largest absolute Gasteiger partial charge is 0.381 e. The van der Waals surface area contributed by atoms with E-state index in [0.717, 1.165) is 26.2 Å². The molecule has 1 aliphatic rings. The molecule has 1 rings (SSSR count). The second-order valence-electron chi connectivity index (χ2n) is 3.77. The van der Waals surface area contributed by atoms with Crippen LogP contribution in [0.4, 0.5) is 0 Å². The highest BCUT2D eigenvalue weighted by molar-refractivity contribution is 5.13. The monoisotopic (exact) mass is 196 g/mol. The van der Waals surface area contributed by atoms with Crippen molar-refractivity contribution in [3.63, 3.8) is 0 Å². The Bertz CT molecular complexity index is 217. The highest BCUT2D eigenvalue weighted by Gasteiger charge is 2.16. The maximum atomic E-state index is 5.82. The Hall–Kier alpha value is -0.800. The van der Waals surface area contributed by atoms with E-state index in [1.165, 1.54) is 5.57 Å². The van der Waals surface area contributed by atoms with Gasteiger partial charge in [-0.25, -0.2) is 5.84 Å². The van der Waals surface area contributed by atoms with E-state index in [-0.39, 0.29) is 0 Å². The fourth-order valence-corrected chi connectivity index (χ4v) is 1.40. The zero-order chi connectivity index (χ0) is 10.4. The molecule has 1 saturated heterocycles. The van der Waals surface area contributed by atoms with Gasteiger partial charge in [0.05, 0.1) is 6.61 Å². The summed E-state index contributed by atoms with van der Waals surface area (Å²) in [4.78, 5) is 0. The van der Waals surface area contributed by atoms with Gasteiger partial charge in [0.2, 0.25) is 0 Å². The van der Waals surface area contributed by atoms with Gasteiger partial charge in [-0.15, -0.1) is 0 Å². The molecule has 0 spiro atoms. The van der Waals surface area contributed by atoms with Crippen LogP contribution in [-0.2, 0) is 4.74 Å². The SMILES string of the molecule is C/C=C(C)\C=C/N(N)C[C@@H]1CCOC1. The molecule has 3 heteroatoms. The Morgan fingerprint density at radius 1 is 1.64 bits per heavy atom. The van der Waals surface area contributed by atoms with Crippen LogP contribution in [0.3, 0.4) is 0 Å². The van der Waals surface area contributed by atoms with Gasteiger partial charge in [0, 0.05) is 25.3 Å². The molecule has 0 aromatic heterocycles. The zero-order valence-electron chi connectivity index (χ0n) is 9.07. The normalized spacial score (nSPS) is 23.4. The second-order valence-corrected chi connectivity index (χ2v) is 3.77. The fourth-order valence-electron chi connectivity index (χ4n) is 1.40. The Morgan fingerprint density at radius 3 is 3.00 bits per heavy atom. The van der Waals surface area contributed by atoms with Crippen molar-refractivity contribution >= 4 is 0 Å². The minimum Gasteiger partial charge on any atom is -0.381 e. The molecular weight excluding hydrogens is 176 g/mol. The predicted molar refractivity (Wildman–Crippen MR) is 58.4 cm³/mol. The summed E-state index contributed by atoms with van der Waals surface area (Å²) in [6.45, 7) is 6.70. The first-order valence-corrected chi connectivity index (χ1v) is 5.12. The molecule has 1 heterocycles. The summed E-state index contributed by atoms with van der Waals surface area (Å²) < 4.78 is 5.29. The van der Waals surface area contributed by atoms with Crippen molar-refractivity contribution in [2.24, 2.45) is 11.8 Å². The van der Waals surface area contributed by atoms with Gasteiger partial charge in [-0.3, -0.25) is 0 Å². The van der Waals surface area contributed by atoms with Crippen LogP contribution in [0.2, 0.25) is 0 Å². The van der Waals surface area contributed by atoms with Crippen LogP contribution in [0.5, 0.6) is 0 Å². The predicted octanol–water partition coefficient (Wildman–Crippen LogP) is 1.68. The summed E-state index contributed by atoms with van der Waals surface area (Å²) in [6, 6.07) is 0. The van der Waals surface area contributed by atoms with Crippen LogP contribution in [0, 0.1) is 5.92 Å². The first kappa shape index (κ1) is 11.3. The van der Waals surface area contributed by atoms with Gasteiger partial charge in [0.25, 0.3) is 0 Å². The van der Waals surface area contributed by atoms with Crippen LogP contribution in [0.1, 0.15) is 20.3 Å². The molecule has 1 atom stereocenters. The molecule has 0 unspecified atom stereocenters. The maximum absolute atomic E-state index is 5.82. The van der Waals surface area contributed by atoms with Crippen LogP contribution in [-0.4, -0.2) is 24.8 Å². The van der Waals surface area contributed by atoms with Crippen LogP contribution in [0.15, 0.2) is 23.9 Å². The molecule has 1 fully saturated rings. The summed E-state index contributed by atoms with van der Waals surface area (Å²) >= 11 is 0. The van der Waals surface area contributed by atoms with E-state index in [9.17, 15) is 0 Å². The third kappa shape index (κ3) is 3.94. The lowest BCUT2D eigenvalue weighted by atomic mass is 10.1. The number of nitrogens with zero attached hydrogens (tertiary/aromatic N) is 1. The summed E-state index contributed by atoms with van der Waals surface area (Å²) in [5.41, 5.74) is 1.23. The standard InChI is InChI=1S/C11H20N2O/c1-3-10(2)4-6-13(12)8-11-5-7-14-9-11/h3-4,6,11H,5,7-9,12H2,1-2H3/b6-4-,10-3-/t11-/m0/s1. The van der Waals surface area contributed by atoms with E-state index < -0.39 is 0 Å². The van der Waals surface area contributed by atoms with Crippen molar-refractivity contribution in [1.29, 1.82) is 0 Å². The summed E-state index contributed by atoms with van der Waals surface area (Å²) in [6.07, 6.45) is 7.14. The quantitative estimate of drug-likeness (QED) is 0.422. The zero-order valence-corrected chi connectivity index (χ0v) is 9.07. The number of ether oxygens (including phenoxy) is 1. The van der Waals surface area contributed by atoms with E-state index in [0.29, 0.717) is 5.92 Å². The van der Waals surface area contributed by atoms with Gasteiger partial charge in [-0.1, -0.05) is 11.6 Å². The van der Waals surface area contributed by atoms with Crippen molar-refractivity contribution in [2.45, 2.75) is 20.3 Å². The molecule has 1 aliphatic heterocycles. The number of rotatable bonds is 4. The number of hydrazine groups is 1. The minimum absolute atomic E-state index is 0.593. The van der Waals surface area contributed by atoms with Crippen molar-refractivity contribution in [1.82, 2.24) is 5.01 Å². The van der Waals surface area contributed by atoms with Gasteiger partial charge in [-0.05, 0) is 26.3 Å². The minimum atomic E-state index is 0.593. The van der Waals surface area contributed by atoms with E-state index >= 15 is 0 Å². The van der Waals surface area contributed by atoms with E-state index in [2.05, 4.69) is 13.0 Å². The van der Waals surface area contributed by atoms with Gasteiger partial charge in [0.1, 0.15) is 0 Å². The molecular formula is C11H20N2O. The highest BCUT2D eigenvalue weighted by Crippen LogP contribution is 2.12. The molecule has 14 heavy (non-hydrogen) atoms. The molecule has 0 aromatic carbocycles. The van der Waals surface area contributed by atoms with Gasteiger partial charge in [-0.2, -0.15) is 0 Å². The average Bonchev–Trinajstić information content (AvgIpc) is 2.66. The molecule has 2 N–H and O–H groups in total. The smallest absolute Gasteiger partial charge is 0.0512 e. The van der Waals surface area contributed by atoms with E-state index in [1.54, 1.807) is 5.01 Å². The van der Waals surface area contributed by atoms with E-state index in [1.807, 2.05) is 19.2 Å². The molecule has 0 radical (unpaired) electrons. The summed E-state index contributed by atoms with van der Waals surface area (Å²) in [7, 11) is 0. The Labute approximate surface area is 86.2 Å². The van der Waals surface area contributed by atoms with Gasteiger partial charge in [0.15, 0.2) is 0 Å². The van der Waals surface area contributed by atoms with Crippen molar-refractivity contribution in [3.05, 3.63) is 23.9 Å². The molecule has 0 aliphatic carbocycles. The number of allylic oxidation sites excluding steroid dienone is 3. The third-order valence-corrected chi connectivity index (χ3v) is 2.48. The first-order chi connectivity index (χ1) is 6.72. The van der Waals surface area contributed by atoms with Crippen LogP contribution < -0.4 is 5.84 Å². The lowest BCUT2D eigenvalue weighted by Gasteiger charge is -2.17. The number of nitrogens with two attached hydrogens (primary N) is 1. The number of hydrogen-bond donors (Lipinski definition) is 1. The topological polar surface area (TPSA) is 38.5 Å². The van der Waals surface area contributed by atoms with Crippen molar-refractivity contribution in [2.75, 3.05) is 19.8 Å². The third-order valence-electron chi connectivity index (χ3n) is 2.48. The average molecular weight is 196 g/mol. The molecule has 80 valence electrons. The van der Waals surface area contributed by atoms with E-state index in [4.69, 9.17) is 10.6 Å². The Balaban J connectivity index is 2.27. The van der Waals surface area contributed by atoms with Gasteiger partial charge < -0.3 is 9.75 Å². The van der Waals surface area contributed by atoms with Crippen molar-refractivity contribution in [3.8, 4) is 0 Å². The Morgan fingerprint density at radius 2 is 2.43 bits per heavy atom. The number of hydrogen-bond acceptors (Lipinski definition) is 3. The Kier molecular flexibility index (Phi) is 4.70. The lowest BCUT2D eigenvalue weighted by molar-refractivity contribution is 0.177. The molecule has 0 bridgehead atoms. The maximum Gasteiger partial charge on any atom is 0.0512 e. The second kappa shape index (κ2) is 5.83. The highest BCUT2D eigenvalue weighted by atomic mass is 16.5. The molecule has 3 nitrogen and oxygen atoms in total. The van der Waals surface area contributed by atoms with Crippen LogP contribution in [0.25, 0.3) is 0 Å². The van der Waals surface area contributed by atoms with Gasteiger partial charge >= 0.3 is 0 Å². The summed E-state index contributed by atoms with van der Waals surface area (Å²) in [5.74, 6) is 6.41. The molecule has 0 saturated carbocycles. The lowest BCUT2D eigenvalue weighted by Crippen LogP contribution is -2.31. The molecule has 0 aromatic rings. The molecule has 0 amide bonds.